The summed E-state index contributed by atoms with van der Waals surface area (Å²) in [5.41, 5.74) is 2.41. The molecule has 4 rings (SSSR count). The minimum absolute atomic E-state index is 0.0184. The Hall–Kier alpha value is -2.64. The molecule has 154 valence electrons. The van der Waals surface area contributed by atoms with Gasteiger partial charge in [0.2, 0.25) is 0 Å². The van der Waals surface area contributed by atoms with Crippen LogP contribution in [0.5, 0.6) is 0 Å². The maximum Gasteiger partial charge on any atom is 0.322 e. The fourth-order valence-electron chi connectivity index (χ4n) is 4.26. The van der Waals surface area contributed by atoms with Crippen molar-refractivity contribution >= 4 is 11.9 Å². The van der Waals surface area contributed by atoms with Crippen molar-refractivity contribution < 1.29 is 14.3 Å². The van der Waals surface area contributed by atoms with Gasteiger partial charge in [-0.15, -0.1) is 6.58 Å². The summed E-state index contributed by atoms with van der Waals surface area (Å²) in [5, 5.41) is 3.01. The van der Waals surface area contributed by atoms with Gasteiger partial charge in [0, 0.05) is 32.7 Å². The van der Waals surface area contributed by atoms with Crippen LogP contribution in [0, 0.1) is 0 Å². The number of rotatable bonds is 7. The number of urea groups is 1. The number of hydrogen-bond donors (Lipinski definition) is 1. The van der Waals surface area contributed by atoms with Crippen molar-refractivity contribution in [1.82, 2.24) is 20.0 Å². The van der Waals surface area contributed by atoms with E-state index >= 15 is 0 Å². The van der Waals surface area contributed by atoms with Gasteiger partial charge in [-0.2, -0.15) is 0 Å². The summed E-state index contributed by atoms with van der Waals surface area (Å²) >= 11 is 0. The molecule has 29 heavy (non-hydrogen) atoms. The smallest absolute Gasteiger partial charge is 0.322 e. The second-order valence-corrected chi connectivity index (χ2v) is 7.59. The van der Waals surface area contributed by atoms with E-state index in [4.69, 9.17) is 4.74 Å². The highest BCUT2D eigenvalue weighted by atomic mass is 16.5. The van der Waals surface area contributed by atoms with Crippen molar-refractivity contribution in [2.45, 2.75) is 12.5 Å². The maximum absolute atomic E-state index is 13.3. The van der Waals surface area contributed by atoms with Crippen LogP contribution in [0.4, 0.5) is 4.79 Å². The van der Waals surface area contributed by atoms with E-state index in [0.29, 0.717) is 25.2 Å². The molecule has 1 saturated heterocycles. The number of carbonyl (C=O) groups excluding carboxylic acids is 2. The molecule has 3 aliphatic rings. The Morgan fingerprint density at radius 1 is 1.14 bits per heavy atom. The molecule has 1 aromatic carbocycles. The lowest BCUT2D eigenvalue weighted by Crippen LogP contribution is -2.47. The zero-order valence-corrected chi connectivity index (χ0v) is 16.7. The second-order valence-electron chi connectivity index (χ2n) is 7.59. The predicted molar refractivity (Wildman–Crippen MR) is 110 cm³/mol. The standard InChI is InChI=1S/C22H28N4O3/c1-2-9-26-18-16-25(11-6-10-24-12-14-29-15-13-24)21(27)19(18)20(23-22(26)28)17-7-4-3-5-8-17/h2-5,7-8,20H,1,6,9-16H2,(H,23,28). The molecular weight excluding hydrogens is 368 g/mol. The average molecular weight is 396 g/mol. The molecule has 0 aromatic heterocycles. The molecule has 0 spiro atoms. The highest BCUT2D eigenvalue weighted by Crippen LogP contribution is 2.36. The Labute approximate surface area is 171 Å². The molecule has 1 N–H and O–H groups in total. The normalized spacial score (nSPS) is 22.7. The zero-order chi connectivity index (χ0) is 20.2. The molecule has 7 heteroatoms. The molecule has 1 fully saturated rings. The van der Waals surface area contributed by atoms with E-state index in [1.165, 1.54) is 0 Å². The summed E-state index contributed by atoms with van der Waals surface area (Å²) in [4.78, 5) is 31.9. The summed E-state index contributed by atoms with van der Waals surface area (Å²) in [6.07, 6.45) is 2.60. The highest BCUT2D eigenvalue weighted by molar-refractivity contribution is 6.01. The molecule has 0 aliphatic carbocycles. The van der Waals surface area contributed by atoms with E-state index < -0.39 is 6.04 Å². The number of benzene rings is 1. The van der Waals surface area contributed by atoms with Crippen molar-refractivity contribution in [3.8, 4) is 0 Å². The third-order valence-corrected chi connectivity index (χ3v) is 5.75. The molecule has 0 saturated carbocycles. The van der Waals surface area contributed by atoms with Gasteiger partial charge < -0.3 is 15.0 Å². The van der Waals surface area contributed by atoms with Crippen LogP contribution in [0.15, 0.2) is 54.3 Å². The summed E-state index contributed by atoms with van der Waals surface area (Å²) in [5.74, 6) is 0.0184. The lowest BCUT2D eigenvalue weighted by atomic mass is 9.95. The van der Waals surface area contributed by atoms with Gasteiger partial charge in [0.25, 0.3) is 5.91 Å². The molecule has 1 aromatic rings. The number of morpholine rings is 1. The average Bonchev–Trinajstić information content (AvgIpc) is 3.08. The molecule has 0 bridgehead atoms. The first-order valence-corrected chi connectivity index (χ1v) is 10.3. The first-order chi connectivity index (χ1) is 14.2. The summed E-state index contributed by atoms with van der Waals surface area (Å²) in [7, 11) is 0. The van der Waals surface area contributed by atoms with Gasteiger partial charge in [0.05, 0.1) is 37.1 Å². The van der Waals surface area contributed by atoms with Crippen LogP contribution in [0.25, 0.3) is 0 Å². The monoisotopic (exact) mass is 396 g/mol. The molecule has 3 amide bonds. The Balaban J connectivity index is 1.50. The Morgan fingerprint density at radius 2 is 1.90 bits per heavy atom. The Kier molecular flexibility index (Phi) is 5.97. The highest BCUT2D eigenvalue weighted by Gasteiger charge is 2.43. The first-order valence-electron chi connectivity index (χ1n) is 10.3. The first kappa shape index (κ1) is 19.7. The van der Waals surface area contributed by atoms with Gasteiger partial charge in [-0.05, 0) is 12.0 Å². The predicted octanol–water partition coefficient (Wildman–Crippen LogP) is 1.76. The van der Waals surface area contributed by atoms with E-state index in [9.17, 15) is 9.59 Å². The minimum atomic E-state index is -0.406. The van der Waals surface area contributed by atoms with Gasteiger partial charge in [-0.1, -0.05) is 36.4 Å². The van der Waals surface area contributed by atoms with Crippen molar-refractivity contribution in [3.05, 3.63) is 59.8 Å². The van der Waals surface area contributed by atoms with E-state index in [2.05, 4.69) is 16.8 Å². The topological polar surface area (TPSA) is 65.1 Å². The van der Waals surface area contributed by atoms with Crippen LogP contribution >= 0.6 is 0 Å². The molecular formula is C22H28N4O3. The largest absolute Gasteiger partial charge is 0.379 e. The fourth-order valence-corrected chi connectivity index (χ4v) is 4.26. The lowest BCUT2D eigenvalue weighted by molar-refractivity contribution is -0.125. The number of nitrogens with zero attached hydrogens (tertiary/aromatic N) is 3. The van der Waals surface area contributed by atoms with Crippen LogP contribution in [-0.4, -0.2) is 79.1 Å². The van der Waals surface area contributed by atoms with Crippen molar-refractivity contribution in [2.75, 3.05) is 52.5 Å². The third kappa shape index (κ3) is 4.06. The number of amides is 3. The second kappa shape index (κ2) is 8.80. The van der Waals surface area contributed by atoms with E-state index in [0.717, 1.165) is 50.5 Å². The summed E-state index contributed by atoms with van der Waals surface area (Å²) in [6.45, 7) is 9.71. The minimum Gasteiger partial charge on any atom is -0.379 e. The van der Waals surface area contributed by atoms with Crippen LogP contribution in [0.2, 0.25) is 0 Å². The number of carbonyl (C=O) groups is 2. The molecule has 0 radical (unpaired) electrons. The molecule has 3 heterocycles. The van der Waals surface area contributed by atoms with Crippen LogP contribution < -0.4 is 5.32 Å². The van der Waals surface area contributed by atoms with Crippen LogP contribution in [0.3, 0.4) is 0 Å². The fraction of sp³-hybridized carbons (Fsp3) is 0.455. The quantitative estimate of drug-likeness (QED) is 0.714. The van der Waals surface area contributed by atoms with Crippen molar-refractivity contribution in [1.29, 1.82) is 0 Å². The third-order valence-electron chi connectivity index (χ3n) is 5.75. The van der Waals surface area contributed by atoms with Gasteiger partial charge in [0.1, 0.15) is 0 Å². The number of hydrogen-bond acceptors (Lipinski definition) is 4. The summed E-state index contributed by atoms with van der Waals surface area (Å²) in [6, 6.07) is 9.11. The zero-order valence-electron chi connectivity index (χ0n) is 16.7. The van der Waals surface area contributed by atoms with Gasteiger partial charge >= 0.3 is 6.03 Å². The molecule has 1 unspecified atom stereocenters. The number of nitrogens with one attached hydrogen (secondary N) is 1. The molecule has 1 atom stereocenters. The summed E-state index contributed by atoms with van der Waals surface area (Å²) < 4.78 is 5.39. The van der Waals surface area contributed by atoms with Crippen LogP contribution in [0.1, 0.15) is 18.0 Å². The number of ether oxygens (including phenoxy) is 1. The Bertz CT molecular complexity index is 802. The van der Waals surface area contributed by atoms with Gasteiger partial charge in [-0.3, -0.25) is 14.6 Å². The van der Waals surface area contributed by atoms with E-state index in [-0.39, 0.29) is 11.9 Å². The van der Waals surface area contributed by atoms with E-state index in [1.807, 2.05) is 35.2 Å². The molecule has 3 aliphatic heterocycles. The Morgan fingerprint density at radius 3 is 2.62 bits per heavy atom. The maximum atomic E-state index is 13.3. The van der Waals surface area contributed by atoms with Gasteiger partial charge in [-0.25, -0.2) is 4.79 Å². The van der Waals surface area contributed by atoms with Gasteiger partial charge in [0.15, 0.2) is 0 Å². The van der Waals surface area contributed by atoms with Crippen LogP contribution in [-0.2, 0) is 9.53 Å². The molecule has 7 nitrogen and oxygen atoms in total. The lowest BCUT2D eigenvalue weighted by Gasteiger charge is -2.33. The van der Waals surface area contributed by atoms with Crippen molar-refractivity contribution in [2.24, 2.45) is 0 Å². The van der Waals surface area contributed by atoms with E-state index in [1.54, 1.807) is 11.0 Å². The SMILES string of the molecule is C=CCN1C(=O)NC(c2ccccc2)C2=C1CN(CCCN1CCOCC1)C2=O. The van der Waals surface area contributed by atoms with Crippen molar-refractivity contribution in [3.63, 3.8) is 0 Å².